The lowest BCUT2D eigenvalue weighted by molar-refractivity contribution is 0.269. The summed E-state index contributed by atoms with van der Waals surface area (Å²) in [5.74, 6) is 3.65. The predicted octanol–water partition coefficient (Wildman–Crippen LogP) is 3.47. The first kappa shape index (κ1) is 9.65. The van der Waals surface area contributed by atoms with Crippen LogP contribution in [0.4, 0.5) is 0 Å². The van der Waals surface area contributed by atoms with Crippen molar-refractivity contribution in [1.82, 2.24) is 0 Å². The van der Waals surface area contributed by atoms with Gasteiger partial charge >= 0.3 is 0 Å². The van der Waals surface area contributed by atoms with Crippen LogP contribution in [0.5, 0.6) is 0 Å². The lowest BCUT2D eigenvalue weighted by atomic mass is 9.77. The van der Waals surface area contributed by atoms with Gasteiger partial charge in [-0.3, -0.25) is 0 Å². The van der Waals surface area contributed by atoms with Gasteiger partial charge in [-0.15, -0.1) is 12.3 Å². The molecule has 1 rings (SSSR count). The van der Waals surface area contributed by atoms with Gasteiger partial charge in [0.1, 0.15) is 0 Å². The molecular formula is C12H20. The summed E-state index contributed by atoms with van der Waals surface area (Å²) in [6, 6.07) is 0. The average Bonchev–Trinajstić information content (AvgIpc) is 2.31. The van der Waals surface area contributed by atoms with Crippen LogP contribution in [0.15, 0.2) is 0 Å². The molecule has 0 spiro atoms. The van der Waals surface area contributed by atoms with E-state index in [1.807, 2.05) is 0 Å². The van der Waals surface area contributed by atoms with E-state index in [-0.39, 0.29) is 5.41 Å². The summed E-state index contributed by atoms with van der Waals surface area (Å²) in [6.45, 7) is 9.08. The van der Waals surface area contributed by atoms with Crippen LogP contribution < -0.4 is 0 Å². The molecule has 12 heavy (non-hydrogen) atoms. The molecule has 1 aliphatic carbocycles. The van der Waals surface area contributed by atoms with Gasteiger partial charge in [-0.1, -0.05) is 13.8 Å². The van der Waals surface area contributed by atoms with Crippen molar-refractivity contribution in [3.8, 4) is 12.3 Å². The SMILES string of the molecule is C#CC(C)(C)C1CCC(C)(C)C1. The Bertz CT molecular complexity index is 203. The predicted molar refractivity (Wildman–Crippen MR) is 53.7 cm³/mol. The first-order chi connectivity index (χ1) is 5.37. The smallest absolute Gasteiger partial charge is 0.0284 e. The van der Waals surface area contributed by atoms with Gasteiger partial charge < -0.3 is 0 Å². The summed E-state index contributed by atoms with van der Waals surface area (Å²) in [4.78, 5) is 0. The fourth-order valence-corrected chi connectivity index (χ4v) is 2.17. The molecule has 0 bridgehead atoms. The maximum absolute atomic E-state index is 5.52. The van der Waals surface area contributed by atoms with Gasteiger partial charge in [0.15, 0.2) is 0 Å². The number of hydrogen-bond acceptors (Lipinski definition) is 0. The third-order valence-corrected chi connectivity index (χ3v) is 3.36. The second-order valence-corrected chi connectivity index (χ2v) is 5.47. The van der Waals surface area contributed by atoms with Crippen molar-refractivity contribution in [3.63, 3.8) is 0 Å². The number of rotatable bonds is 1. The number of hydrogen-bond donors (Lipinski definition) is 0. The Labute approximate surface area is 76.7 Å². The van der Waals surface area contributed by atoms with E-state index in [2.05, 4.69) is 33.6 Å². The van der Waals surface area contributed by atoms with Crippen molar-refractivity contribution in [2.75, 3.05) is 0 Å². The third kappa shape index (κ3) is 1.83. The molecule has 0 aromatic carbocycles. The second kappa shape index (κ2) is 2.80. The molecule has 0 aromatic rings. The van der Waals surface area contributed by atoms with Crippen molar-refractivity contribution in [3.05, 3.63) is 0 Å². The topological polar surface area (TPSA) is 0 Å². The minimum atomic E-state index is 0.105. The molecular weight excluding hydrogens is 144 g/mol. The van der Waals surface area contributed by atoms with Crippen LogP contribution in [-0.4, -0.2) is 0 Å². The zero-order chi connectivity index (χ0) is 9.41. The van der Waals surface area contributed by atoms with Gasteiger partial charge in [-0.05, 0) is 44.4 Å². The van der Waals surface area contributed by atoms with Crippen LogP contribution in [-0.2, 0) is 0 Å². The Morgan fingerprint density at radius 3 is 2.33 bits per heavy atom. The van der Waals surface area contributed by atoms with Crippen molar-refractivity contribution in [2.45, 2.75) is 47.0 Å². The maximum atomic E-state index is 5.52. The Morgan fingerprint density at radius 1 is 1.42 bits per heavy atom. The van der Waals surface area contributed by atoms with Crippen LogP contribution in [0.3, 0.4) is 0 Å². The molecule has 0 N–H and O–H groups in total. The molecule has 0 heterocycles. The molecule has 1 unspecified atom stereocenters. The van der Waals surface area contributed by atoms with E-state index in [1.165, 1.54) is 19.3 Å². The van der Waals surface area contributed by atoms with Crippen LogP contribution >= 0.6 is 0 Å². The van der Waals surface area contributed by atoms with Crippen molar-refractivity contribution in [1.29, 1.82) is 0 Å². The highest BCUT2D eigenvalue weighted by molar-refractivity contribution is 5.06. The van der Waals surface area contributed by atoms with Gasteiger partial charge in [-0.2, -0.15) is 0 Å². The molecule has 1 atom stereocenters. The number of terminal acetylenes is 1. The van der Waals surface area contributed by atoms with Gasteiger partial charge in [0.25, 0.3) is 0 Å². The maximum Gasteiger partial charge on any atom is 0.0284 e. The molecule has 0 saturated heterocycles. The van der Waals surface area contributed by atoms with Gasteiger partial charge in [0.05, 0.1) is 0 Å². The molecule has 1 aliphatic rings. The fraction of sp³-hybridized carbons (Fsp3) is 0.833. The Morgan fingerprint density at radius 2 is 2.00 bits per heavy atom. The van der Waals surface area contributed by atoms with Crippen molar-refractivity contribution < 1.29 is 0 Å². The summed E-state index contributed by atoms with van der Waals surface area (Å²) in [5, 5.41) is 0. The minimum absolute atomic E-state index is 0.105. The minimum Gasteiger partial charge on any atom is -0.120 e. The van der Waals surface area contributed by atoms with E-state index in [1.54, 1.807) is 0 Å². The fourth-order valence-electron chi connectivity index (χ4n) is 2.17. The van der Waals surface area contributed by atoms with Crippen LogP contribution in [0.2, 0.25) is 0 Å². The van der Waals surface area contributed by atoms with E-state index in [0.29, 0.717) is 5.41 Å². The molecule has 0 aromatic heterocycles. The molecule has 0 radical (unpaired) electrons. The molecule has 0 nitrogen and oxygen atoms in total. The van der Waals surface area contributed by atoms with Crippen LogP contribution in [0.1, 0.15) is 47.0 Å². The lowest BCUT2D eigenvalue weighted by Gasteiger charge is -2.27. The summed E-state index contributed by atoms with van der Waals surface area (Å²) >= 11 is 0. The average molecular weight is 164 g/mol. The van der Waals surface area contributed by atoms with E-state index < -0.39 is 0 Å². The molecule has 1 fully saturated rings. The quantitative estimate of drug-likeness (QED) is 0.520. The summed E-state index contributed by atoms with van der Waals surface area (Å²) < 4.78 is 0. The highest BCUT2D eigenvalue weighted by Gasteiger charge is 2.38. The Hall–Kier alpha value is -0.440. The molecule has 0 amide bonds. The van der Waals surface area contributed by atoms with E-state index in [4.69, 9.17) is 6.42 Å². The molecule has 0 heteroatoms. The zero-order valence-corrected chi connectivity index (χ0v) is 8.78. The van der Waals surface area contributed by atoms with Gasteiger partial charge in [0, 0.05) is 5.41 Å². The summed E-state index contributed by atoms with van der Waals surface area (Å²) in [6.07, 6.45) is 9.47. The van der Waals surface area contributed by atoms with E-state index in [0.717, 1.165) is 5.92 Å². The highest BCUT2D eigenvalue weighted by atomic mass is 14.4. The standard InChI is InChI=1S/C12H20/c1-6-12(4,5)10-7-8-11(2,3)9-10/h1,10H,7-9H2,2-5H3. The normalized spacial score (nSPS) is 28.4. The van der Waals surface area contributed by atoms with Gasteiger partial charge in [-0.25, -0.2) is 0 Å². The largest absolute Gasteiger partial charge is 0.120 e. The first-order valence-corrected chi connectivity index (χ1v) is 4.85. The zero-order valence-electron chi connectivity index (χ0n) is 8.78. The summed E-state index contributed by atoms with van der Waals surface area (Å²) in [7, 11) is 0. The highest BCUT2D eigenvalue weighted by Crippen LogP contribution is 2.48. The van der Waals surface area contributed by atoms with Crippen LogP contribution in [0.25, 0.3) is 0 Å². The Kier molecular flexibility index (Phi) is 2.25. The van der Waals surface area contributed by atoms with Crippen molar-refractivity contribution in [2.24, 2.45) is 16.7 Å². The Balaban J connectivity index is 2.66. The summed E-state index contributed by atoms with van der Waals surface area (Å²) in [5.41, 5.74) is 0.632. The molecule has 68 valence electrons. The van der Waals surface area contributed by atoms with Gasteiger partial charge in [0.2, 0.25) is 0 Å². The lowest BCUT2D eigenvalue weighted by Crippen LogP contribution is -2.20. The molecule has 0 aliphatic heterocycles. The molecule has 1 saturated carbocycles. The first-order valence-electron chi connectivity index (χ1n) is 4.85. The van der Waals surface area contributed by atoms with E-state index in [9.17, 15) is 0 Å². The van der Waals surface area contributed by atoms with E-state index >= 15 is 0 Å². The second-order valence-electron chi connectivity index (χ2n) is 5.47. The van der Waals surface area contributed by atoms with Crippen LogP contribution in [0, 0.1) is 29.1 Å². The monoisotopic (exact) mass is 164 g/mol. The third-order valence-electron chi connectivity index (χ3n) is 3.36. The van der Waals surface area contributed by atoms with Crippen molar-refractivity contribution >= 4 is 0 Å².